The number of hydrogen-bond acceptors (Lipinski definition) is 9. The van der Waals surface area contributed by atoms with Gasteiger partial charge in [0, 0.05) is 49.8 Å². The van der Waals surface area contributed by atoms with Crippen LogP contribution in [0.3, 0.4) is 0 Å². The maximum Gasteiger partial charge on any atom is 0.328 e. The molecule has 2 aliphatic rings. The lowest BCUT2D eigenvalue weighted by atomic mass is 10.0. The highest BCUT2D eigenvalue weighted by Crippen LogP contribution is 2.40. The lowest BCUT2D eigenvalue weighted by molar-refractivity contribution is -0.380. The van der Waals surface area contributed by atoms with E-state index in [0.29, 0.717) is 24.8 Å². The predicted octanol–water partition coefficient (Wildman–Crippen LogP) is 4.47. The van der Waals surface area contributed by atoms with E-state index in [1.165, 1.54) is 11.4 Å². The number of alkyl halides is 2. The average Bonchev–Trinajstić information content (AvgIpc) is 3.52. The fraction of sp³-hybridized carbons (Fsp3) is 0.391. The van der Waals surface area contributed by atoms with Crippen LogP contribution in [0.4, 0.5) is 10.7 Å². The number of halogens is 2. The molecular formula is C23H26Cl2N4O5S2. The Labute approximate surface area is 224 Å². The van der Waals surface area contributed by atoms with Crippen LogP contribution in [-0.2, 0) is 10.1 Å². The molecule has 1 aromatic carbocycles. The fourth-order valence-corrected chi connectivity index (χ4v) is 6.93. The lowest BCUT2D eigenvalue weighted by Gasteiger charge is -2.26. The standard InChI is InChI=1S/C23H26Cl2N4O5S2/c24-8-11-27(12-9-25)18-2-4-19(5-3-18)34-36(32,33)21(20-7-14-35-23(20)29(30)31)15-17-1-6-22-26-10-13-28(22)16-17/h1-7,14,16,21-22,26H,8-13,15H2. The van der Waals surface area contributed by atoms with Crippen LogP contribution in [0.25, 0.3) is 0 Å². The van der Waals surface area contributed by atoms with Crippen molar-refractivity contribution in [2.45, 2.75) is 17.8 Å². The van der Waals surface area contributed by atoms with Gasteiger partial charge in [-0.2, -0.15) is 8.42 Å². The van der Waals surface area contributed by atoms with Crippen molar-refractivity contribution in [1.29, 1.82) is 0 Å². The first-order valence-electron chi connectivity index (χ1n) is 11.3. The molecule has 1 saturated heterocycles. The normalized spacial score (nSPS) is 18.0. The van der Waals surface area contributed by atoms with Gasteiger partial charge in [-0.25, -0.2) is 0 Å². The number of nitro groups is 1. The van der Waals surface area contributed by atoms with E-state index in [9.17, 15) is 18.5 Å². The monoisotopic (exact) mass is 572 g/mol. The summed E-state index contributed by atoms with van der Waals surface area (Å²) in [5.74, 6) is 0.960. The second kappa shape index (κ2) is 11.8. The molecule has 0 radical (unpaired) electrons. The smallest absolute Gasteiger partial charge is 0.328 e. The molecule has 2 atom stereocenters. The second-order valence-electron chi connectivity index (χ2n) is 8.27. The van der Waals surface area contributed by atoms with E-state index in [1.54, 1.807) is 24.3 Å². The third-order valence-electron chi connectivity index (χ3n) is 5.98. The molecule has 2 unspecified atom stereocenters. The van der Waals surface area contributed by atoms with Crippen molar-refractivity contribution < 1.29 is 17.5 Å². The van der Waals surface area contributed by atoms with E-state index < -0.39 is 20.3 Å². The SMILES string of the molecule is O=[N+]([O-])c1sccc1C(CC1=CN2CCNC2C=C1)S(=O)(=O)Oc1ccc(N(CCCl)CCCl)cc1. The quantitative estimate of drug-likeness (QED) is 0.172. The van der Waals surface area contributed by atoms with E-state index >= 15 is 0 Å². The molecule has 3 heterocycles. The van der Waals surface area contributed by atoms with Crippen molar-refractivity contribution in [3.05, 3.63) is 75.3 Å². The molecule has 1 aromatic heterocycles. The van der Waals surface area contributed by atoms with E-state index in [0.717, 1.165) is 35.7 Å². The molecule has 13 heteroatoms. The topological polar surface area (TPSA) is 105 Å². The van der Waals surface area contributed by atoms with E-state index in [1.807, 2.05) is 23.3 Å². The van der Waals surface area contributed by atoms with Crippen LogP contribution in [0, 0.1) is 10.1 Å². The Morgan fingerprint density at radius 1 is 1.22 bits per heavy atom. The minimum atomic E-state index is -4.29. The summed E-state index contributed by atoms with van der Waals surface area (Å²) in [7, 11) is -4.29. The molecule has 194 valence electrons. The van der Waals surface area contributed by atoms with E-state index in [2.05, 4.69) is 10.2 Å². The Morgan fingerprint density at radius 3 is 2.61 bits per heavy atom. The molecule has 1 fully saturated rings. The van der Waals surface area contributed by atoms with Crippen LogP contribution in [-0.4, -0.2) is 62.3 Å². The van der Waals surface area contributed by atoms with Crippen molar-refractivity contribution in [3.63, 3.8) is 0 Å². The summed E-state index contributed by atoms with van der Waals surface area (Å²) in [6, 6.07) is 8.07. The Balaban J connectivity index is 1.60. The van der Waals surface area contributed by atoms with Gasteiger partial charge in [0.25, 0.3) is 0 Å². The van der Waals surface area contributed by atoms with Gasteiger partial charge in [-0.3, -0.25) is 15.4 Å². The number of fused-ring (bicyclic) bond motifs is 1. The molecule has 36 heavy (non-hydrogen) atoms. The van der Waals surface area contributed by atoms with Crippen molar-refractivity contribution in [3.8, 4) is 5.75 Å². The molecule has 0 amide bonds. The molecular weight excluding hydrogens is 547 g/mol. The Morgan fingerprint density at radius 2 is 1.94 bits per heavy atom. The first-order valence-corrected chi connectivity index (χ1v) is 14.7. The fourth-order valence-electron chi connectivity index (χ4n) is 4.28. The van der Waals surface area contributed by atoms with Crippen LogP contribution in [0.2, 0.25) is 0 Å². The highest BCUT2D eigenvalue weighted by Gasteiger charge is 2.37. The average molecular weight is 574 g/mol. The van der Waals surface area contributed by atoms with Crippen LogP contribution in [0.5, 0.6) is 5.75 Å². The number of anilines is 1. The largest absolute Gasteiger partial charge is 0.382 e. The van der Waals surface area contributed by atoms with Crippen LogP contribution < -0.4 is 14.4 Å². The minimum Gasteiger partial charge on any atom is -0.382 e. The first kappa shape index (κ1) is 26.7. The Bertz CT molecular complexity index is 1230. The zero-order chi connectivity index (χ0) is 25.7. The molecule has 1 N–H and O–H groups in total. The van der Waals surface area contributed by atoms with Crippen molar-refractivity contribution in [2.24, 2.45) is 0 Å². The second-order valence-corrected chi connectivity index (χ2v) is 11.6. The molecule has 2 aliphatic heterocycles. The summed E-state index contributed by atoms with van der Waals surface area (Å²) in [6.07, 6.45) is 5.84. The number of nitrogens with one attached hydrogen (secondary N) is 1. The van der Waals surface area contributed by atoms with Crippen LogP contribution in [0.1, 0.15) is 17.2 Å². The minimum absolute atomic E-state index is 0.0386. The van der Waals surface area contributed by atoms with Gasteiger partial charge in [-0.05, 0) is 53.8 Å². The summed E-state index contributed by atoms with van der Waals surface area (Å²) < 4.78 is 32.6. The summed E-state index contributed by atoms with van der Waals surface area (Å²) in [5.41, 5.74) is 1.70. The molecule has 9 nitrogen and oxygen atoms in total. The maximum absolute atomic E-state index is 13.5. The number of nitrogens with zero attached hydrogens (tertiary/aromatic N) is 3. The van der Waals surface area contributed by atoms with Gasteiger partial charge in [0.1, 0.15) is 11.0 Å². The van der Waals surface area contributed by atoms with Crippen LogP contribution >= 0.6 is 34.5 Å². The molecule has 0 spiro atoms. The molecule has 2 aromatic rings. The Hall–Kier alpha value is -2.31. The molecule has 0 bridgehead atoms. The van der Waals surface area contributed by atoms with Gasteiger partial charge in [0.15, 0.2) is 0 Å². The van der Waals surface area contributed by atoms with E-state index in [-0.39, 0.29) is 28.9 Å². The predicted molar refractivity (Wildman–Crippen MR) is 144 cm³/mol. The van der Waals surface area contributed by atoms with Crippen molar-refractivity contribution in [1.82, 2.24) is 10.2 Å². The molecule has 4 rings (SSSR count). The van der Waals surface area contributed by atoms with Gasteiger partial charge in [-0.15, -0.1) is 23.2 Å². The lowest BCUT2D eigenvalue weighted by Crippen LogP contribution is -2.32. The van der Waals surface area contributed by atoms with Crippen molar-refractivity contribution in [2.75, 3.05) is 42.8 Å². The zero-order valence-corrected chi connectivity index (χ0v) is 22.4. The van der Waals surface area contributed by atoms with Gasteiger partial charge >= 0.3 is 15.1 Å². The van der Waals surface area contributed by atoms with Gasteiger partial charge in [-0.1, -0.05) is 17.4 Å². The third-order valence-corrected chi connectivity index (χ3v) is 8.75. The zero-order valence-electron chi connectivity index (χ0n) is 19.3. The molecule has 0 aliphatic carbocycles. The molecule has 0 saturated carbocycles. The number of thiophene rings is 1. The summed E-state index contributed by atoms with van der Waals surface area (Å²) in [5, 5.41) is 15.0. The Kier molecular flexibility index (Phi) is 8.78. The maximum atomic E-state index is 13.5. The highest BCUT2D eigenvalue weighted by atomic mass is 35.5. The summed E-state index contributed by atoms with van der Waals surface area (Å²) in [6.45, 7) is 2.80. The summed E-state index contributed by atoms with van der Waals surface area (Å²) >= 11 is 12.7. The number of benzene rings is 1. The number of rotatable bonds is 12. The number of hydrogen-bond donors (Lipinski definition) is 1. The van der Waals surface area contributed by atoms with Gasteiger partial charge in [0.05, 0.1) is 16.7 Å². The van der Waals surface area contributed by atoms with E-state index in [4.69, 9.17) is 27.4 Å². The third kappa shape index (κ3) is 6.15. The first-order chi connectivity index (χ1) is 17.3. The van der Waals surface area contributed by atoms with Gasteiger partial charge in [0.2, 0.25) is 0 Å². The highest BCUT2D eigenvalue weighted by molar-refractivity contribution is 7.87. The summed E-state index contributed by atoms with van der Waals surface area (Å²) in [4.78, 5) is 15.1. The van der Waals surface area contributed by atoms with Crippen molar-refractivity contribution >= 4 is 55.3 Å². The number of allylic oxidation sites excluding steroid dienone is 2. The van der Waals surface area contributed by atoms with Crippen LogP contribution in [0.15, 0.2) is 59.6 Å². The van der Waals surface area contributed by atoms with Gasteiger partial charge < -0.3 is 14.0 Å².